The molecule has 6 rings (SSSR count). The molecule has 0 aliphatic carbocycles. The van der Waals surface area contributed by atoms with E-state index in [1.165, 1.54) is 0 Å². The molecule has 9 nitrogen and oxygen atoms in total. The lowest BCUT2D eigenvalue weighted by Gasteiger charge is -2.21. The van der Waals surface area contributed by atoms with Crippen LogP contribution in [0.5, 0.6) is 0 Å². The van der Waals surface area contributed by atoms with Crippen LogP contribution in [0, 0.1) is 0 Å². The van der Waals surface area contributed by atoms with Crippen molar-refractivity contribution in [2.75, 3.05) is 0 Å². The Labute approximate surface area is 276 Å². The first kappa shape index (κ1) is 31.7. The Hall–Kier alpha value is -5.22. The highest BCUT2D eigenvalue weighted by Gasteiger charge is 2.12. The molecule has 236 valence electrons. The minimum Gasteiger partial charge on any atom is -0.372 e. The minimum absolute atomic E-state index is 0.475. The summed E-state index contributed by atoms with van der Waals surface area (Å²) in [5, 5.41) is 0. The predicted molar refractivity (Wildman–Crippen MR) is 180 cm³/mol. The van der Waals surface area contributed by atoms with Gasteiger partial charge in [0.1, 0.15) is 0 Å². The third-order valence-corrected chi connectivity index (χ3v) is 7.53. The topological polar surface area (TPSA) is 93.1 Å². The maximum Gasteiger partial charge on any atom is 0.0736 e. The molecule has 6 aromatic rings. The lowest BCUT2D eigenvalue weighted by atomic mass is 10.2. The fraction of sp³-hybridized carbons (Fsp3) is 0.211. The summed E-state index contributed by atoms with van der Waals surface area (Å²) >= 11 is 0. The van der Waals surface area contributed by atoms with E-state index < -0.39 is 0 Å². The molecule has 0 atom stereocenters. The highest BCUT2D eigenvalue weighted by Crippen LogP contribution is 2.14. The molecular formula is C38H38N8O. The molecule has 0 amide bonds. The van der Waals surface area contributed by atoms with Crippen LogP contribution in [0.15, 0.2) is 134 Å². The van der Waals surface area contributed by atoms with E-state index in [0.29, 0.717) is 52.5 Å². The molecule has 0 saturated carbocycles. The van der Waals surface area contributed by atoms with Crippen molar-refractivity contribution in [3.05, 3.63) is 180 Å². The van der Waals surface area contributed by atoms with Gasteiger partial charge in [0.15, 0.2) is 0 Å². The van der Waals surface area contributed by atoms with E-state index in [2.05, 4.69) is 54.0 Å². The molecule has 0 aromatic carbocycles. The maximum absolute atomic E-state index is 6.03. The third kappa shape index (κ3) is 10.4. The Morgan fingerprint density at radius 1 is 0.362 bits per heavy atom. The molecule has 0 fully saturated rings. The van der Waals surface area contributed by atoms with E-state index in [4.69, 9.17) is 14.7 Å². The van der Waals surface area contributed by atoms with Crippen molar-refractivity contribution in [3.63, 3.8) is 0 Å². The molecular weight excluding hydrogens is 584 g/mol. The summed E-state index contributed by atoms with van der Waals surface area (Å²) in [6.45, 7) is 5.17. The van der Waals surface area contributed by atoms with E-state index in [1.54, 1.807) is 0 Å². The number of pyridine rings is 6. The highest BCUT2D eigenvalue weighted by molar-refractivity contribution is 5.16. The Balaban J connectivity index is 1.00. The number of rotatable bonds is 16. The van der Waals surface area contributed by atoms with Gasteiger partial charge in [-0.1, -0.05) is 36.4 Å². The third-order valence-electron chi connectivity index (χ3n) is 7.53. The summed E-state index contributed by atoms with van der Waals surface area (Å²) in [5.74, 6) is 0. The molecule has 0 unspecified atom stereocenters. The van der Waals surface area contributed by atoms with E-state index in [1.807, 2.05) is 110 Å². The van der Waals surface area contributed by atoms with Crippen LogP contribution >= 0.6 is 0 Å². The lowest BCUT2D eigenvalue weighted by molar-refractivity contribution is 0.106. The number of hydrogen-bond acceptors (Lipinski definition) is 9. The standard InChI is InChI=1S/C38H38N8O/c1-5-17-39-33(9-1)23-45(24-34-10-2-6-18-40-34)27-37-15-13-31(21-43-37)29-47-30-32-14-16-38(44-22-32)28-46(25-35-11-3-7-19-41-35)26-36-12-4-8-20-42-36/h1-22H,23-30H2. The summed E-state index contributed by atoms with van der Waals surface area (Å²) in [6.07, 6.45) is 11.1. The van der Waals surface area contributed by atoms with Crippen molar-refractivity contribution in [3.8, 4) is 0 Å². The van der Waals surface area contributed by atoms with Crippen LogP contribution in [-0.2, 0) is 57.2 Å². The predicted octanol–water partition coefficient (Wildman–Crippen LogP) is 6.18. The molecule has 6 aromatic heterocycles. The van der Waals surface area contributed by atoms with Gasteiger partial charge in [0, 0.05) is 76.4 Å². The van der Waals surface area contributed by atoms with Crippen LogP contribution in [0.25, 0.3) is 0 Å². The first-order valence-corrected chi connectivity index (χ1v) is 15.7. The zero-order valence-corrected chi connectivity index (χ0v) is 26.3. The van der Waals surface area contributed by atoms with Crippen molar-refractivity contribution in [1.29, 1.82) is 0 Å². The number of nitrogens with zero attached hydrogens (tertiary/aromatic N) is 8. The van der Waals surface area contributed by atoms with Crippen molar-refractivity contribution in [1.82, 2.24) is 39.7 Å². The van der Waals surface area contributed by atoms with Crippen LogP contribution < -0.4 is 0 Å². The fourth-order valence-corrected chi connectivity index (χ4v) is 5.23. The van der Waals surface area contributed by atoms with Gasteiger partial charge in [0.05, 0.1) is 47.4 Å². The molecule has 0 saturated heterocycles. The van der Waals surface area contributed by atoms with Crippen LogP contribution in [0.3, 0.4) is 0 Å². The second kappa shape index (κ2) is 16.9. The minimum atomic E-state index is 0.475. The van der Waals surface area contributed by atoms with Crippen LogP contribution in [0.1, 0.15) is 45.3 Å². The summed E-state index contributed by atoms with van der Waals surface area (Å²) in [5.41, 5.74) is 8.09. The fourth-order valence-electron chi connectivity index (χ4n) is 5.23. The summed E-state index contributed by atoms with van der Waals surface area (Å²) < 4.78 is 6.03. The van der Waals surface area contributed by atoms with Crippen molar-refractivity contribution in [2.45, 2.75) is 52.5 Å². The van der Waals surface area contributed by atoms with Gasteiger partial charge < -0.3 is 4.74 Å². The first-order chi connectivity index (χ1) is 23.2. The maximum atomic E-state index is 6.03. The Morgan fingerprint density at radius 3 is 0.936 bits per heavy atom. The monoisotopic (exact) mass is 622 g/mol. The van der Waals surface area contributed by atoms with Gasteiger partial charge in [-0.05, 0) is 71.8 Å². The van der Waals surface area contributed by atoms with Crippen LogP contribution in [0.2, 0.25) is 0 Å². The quantitative estimate of drug-likeness (QED) is 0.125. The molecule has 0 spiro atoms. The van der Waals surface area contributed by atoms with Gasteiger partial charge in [-0.2, -0.15) is 0 Å². The largest absolute Gasteiger partial charge is 0.372 e. The Kier molecular flexibility index (Phi) is 11.4. The molecule has 0 aliphatic heterocycles. The smallest absolute Gasteiger partial charge is 0.0736 e. The molecule has 0 bridgehead atoms. The van der Waals surface area contributed by atoms with Crippen molar-refractivity contribution in [2.24, 2.45) is 0 Å². The van der Waals surface area contributed by atoms with Crippen molar-refractivity contribution >= 4 is 0 Å². The van der Waals surface area contributed by atoms with E-state index in [0.717, 1.165) is 45.3 Å². The number of hydrogen-bond donors (Lipinski definition) is 0. The van der Waals surface area contributed by atoms with Gasteiger partial charge in [0.25, 0.3) is 0 Å². The molecule has 0 N–H and O–H groups in total. The van der Waals surface area contributed by atoms with Gasteiger partial charge in [-0.15, -0.1) is 0 Å². The number of ether oxygens (including phenoxy) is 1. The molecule has 6 heterocycles. The van der Waals surface area contributed by atoms with E-state index in [-0.39, 0.29) is 0 Å². The molecule has 0 radical (unpaired) electrons. The molecule has 0 aliphatic rings. The highest BCUT2D eigenvalue weighted by atomic mass is 16.5. The van der Waals surface area contributed by atoms with Gasteiger partial charge >= 0.3 is 0 Å². The Morgan fingerprint density at radius 2 is 0.681 bits per heavy atom. The van der Waals surface area contributed by atoms with E-state index in [9.17, 15) is 0 Å². The van der Waals surface area contributed by atoms with Crippen molar-refractivity contribution < 1.29 is 4.74 Å². The van der Waals surface area contributed by atoms with Crippen LogP contribution in [0.4, 0.5) is 0 Å². The number of aromatic nitrogens is 6. The summed E-state index contributed by atoms with van der Waals surface area (Å²) in [7, 11) is 0. The molecule has 9 heteroatoms. The SMILES string of the molecule is c1ccc(CN(Cc2ccccn2)Cc2ccc(COCc3ccc(CN(Cc4ccccn4)Cc4ccccn4)nc3)cn2)nc1. The average molecular weight is 623 g/mol. The summed E-state index contributed by atoms with van der Waals surface area (Å²) in [4.78, 5) is 32.1. The second-order valence-electron chi connectivity index (χ2n) is 11.4. The zero-order valence-electron chi connectivity index (χ0n) is 26.3. The molecule has 47 heavy (non-hydrogen) atoms. The Bertz CT molecular complexity index is 1530. The average Bonchev–Trinajstić information content (AvgIpc) is 3.11. The zero-order chi connectivity index (χ0) is 31.9. The summed E-state index contributed by atoms with van der Waals surface area (Å²) in [6, 6.07) is 32.3. The second-order valence-corrected chi connectivity index (χ2v) is 11.4. The normalized spacial score (nSPS) is 11.3. The van der Waals surface area contributed by atoms with Gasteiger partial charge in [-0.25, -0.2) is 0 Å². The van der Waals surface area contributed by atoms with Gasteiger partial charge in [0.2, 0.25) is 0 Å². The van der Waals surface area contributed by atoms with E-state index >= 15 is 0 Å². The lowest BCUT2D eigenvalue weighted by Crippen LogP contribution is -2.24. The van der Waals surface area contributed by atoms with Crippen LogP contribution in [-0.4, -0.2) is 39.7 Å². The first-order valence-electron chi connectivity index (χ1n) is 15.7. The van der Waals surface area contributed by atoms with Gasteiger partial charge in [-0.3, -0.25) is 39.7 Å².